The van der Waals surface area contributed by atoms with Gasteiger partial charge in [-0.2, -0.15) is 0 Å². The summed E-state index contributed by atoms with van der Waals surface area (Å²) in [5, 5.41) is 3.16. The van der Waals surface area contributed by atoms with Crippen LogP contribution in [0.1, 0.15) is 19.8 Å². The van der Waals surface area contributed by atoms with E-state index in [1.807, 2.05) is 0 Å². The lowest BCUT2D eigenvalue weighted by Gasteiger charge is -2.14. The van der Waals surface area contributed by atoms with Gasteiger partial charge in [0.1, 0.15) is 6.10 Å². The number of nitrogen functional groups attached to an aromatic ring is 1. The number of carbonyl (C=O) groups excluding carboxylic acids is 1. The lowest BCUT2D eigenvalue weighted by molar-refractivity contribution is -0.126. The quantitative estimate of drug-likeness (QED) is 0.807. The van der Waals surface area contributed by atoms with Gasteiger partial charge in [0.15, 0.2) is 0 Å². The van der Waals surface area contributed by atoms with E-state index in [4.69, 9.17) is 22.1 Å². The monoisotopic (exact) mass is 268 g/mol. The first-order chi connectivity index (χ1) is 8.56. The maximum Gasteiger partial charge on any atom is 0.253 e. The van der Waals surface area contributed by atoms with E-state index in [9.17, 15) is 4.79 Å². The second-order valence-corrected chi connectivity index (χ2v) is 5.05. The number of halogens is 1. The number of amides is 1. The first-order valence-electron chi connectivity index (χ1n) is 6.03. The number of hydrogen-bond donors (Lipinski definition) is 2. The Labute approximate surface area is 111 Å². The van der Waals surface area contributed by atoms with Crippen molar-refractivity contribution in [2.75, 3.05) is 17.7 Å². The molecule has 0 radical (unpaired) electrons. The maximum atomic E-state index is 11.9. The molecule has 1 aromatic rings. The summed E-state index contributed by atoms with van der Waals surface area (Å²) in [4.78, 5) is 11.9. The van der Waals surface area contributed by atoms with Crippen LogP contribution in [0.3, 0.4) is 0 Å². The van der Waals surface area contributed by atoms with Crippen LogP contribution in [-0.4, -0.2) is 18.6 Å². The third-order valence-electron chi connectivity index (χ3n) is 2.90. The molecule has 2 rings (SSSR count). The SMILES string of the molecule is CC(OCC1CC1)C(=O)Nc1ccc(N)cc1Cl. The molecule has 1 aliphatic carbocycles. The van der Waals surface area contributed by atoms with E-state index in [0.717, 1.165) is 0 Å². The average molecular weight is 269 g/mol. The Kier molecular flexibility index (Phi) is 4.09. The molecule has 1 atom stereocenters. The molecule has 0 aliphatic heterocycles. The van der Waals surface area contributed by atoms with E-state index in [2.05, 4.69) is 5.32 Å². The highest BCUT2D eigenvalue weighted by atomic mass is 35.5. The zero-order valence-electron chi connectivity index (χ0n) is 10.3. The van der Waals surface area contributed by atoms with Crippen LogP contribution in [0.25, 0.3) is 0 Å². The van der Waals surface area contributed by atoms with Crippen LogP contribution >= 0.6 is 11.6 Å². The highest BCUT2D eigenvalue weighted by molar-refractivity contribution is 6.34. The number of rotatable bonds is 5. The van der Waals surface area contributed by atoms with E-state index < -0.39 is 6.10 Å². The normalized spacial score (nSPS) is 16.3. The summed E-state index contributed by atoms with van der Waals surface area (Å²) in [7, 11) is 0. The van der Waals surface area contributed by atoms with Crippen LogP contribution in [0.15, 0.2) is 18.2 Å². The van der Waals surface area contributed by atoms with Crippen molar-refractivity contribution in [3.05, 3.63) is 23.2 Å². The third kappa shape index (κ3) is 3.62. The number of hydrogen-bond acceptors (Lipinski definition) is 3. The Morgan fingerprint density at radius 2 is 2.33 bits per heavy atom. The Hall–Kier alpha value is -1.26. The van der Waals surface area contributed by atoms with E-state index >= 15 is 0 Å². The largest absolute Gasteiger partial charge is 0.399 e. The second kappa shape index (κ2) is 5.59. The summed E-state index contributed by atoms with van der Waals surface area (Å²) < 4.78 is 5.48. The van der Waals surface area contributed by atoms with Crippen LogP contribution < -0.4 is 11.1 Å². The van der Waals surface area contributed by atoms with Crippen LogP contribution in [-0.2, 0) is 9.53 Å². The molecule has 0 saturated heterocycles. The predicted molar refractivity (Wildman–Crippen MR) is 72.6 cm³/mol. The molecule has 3 N–H and O–H groups in total. The van der Waals surface area contributed by atoms with Crippen molar-refractivity contribution in [2.45, 2.75) is 25.9 Å². The first-order valence-corrected chi connectivity index (χ1v) is 6.41. The lowest BCUT2D eigenvalue weighted by atomic mass is 10.2. The second-order valence-electron chi connectivity index (χ2n) is 4.65. The smallest absolute Gasteiger partial charge is 0.253 e. The van der Waals surface area contributed by atoms with Gasteiger partial charge in [0.25, 0.3) is 5.91 Å². The fourth-order valence-electron chi connectivity index (χ4n) is 1.51. The molecule has 1 aromatic carbocycles. The van der Waals surface area contributed by atoms with E-state index in [-0.39, 0.29) is 5.91 Å². The number of benzene rings is 1. The summed E-state index contributed by atoms with van der Waals surface area (Å²) in [5.74, 6) is 0.447. The highest BCUT2D eigenvalue weighted by Gasteiger charge is 2.24. The number of nitrogens with two attached hydrogens (primary N) is 1. The summed E-state index contributed by atoms with van der Waals surface area (Å²) >= 11 is 5.98. The zero-order valence-corrected chi connectivity index (χ0v) is 11.0. The van der Waals surface area contributed by atoms with Crippen molar-refractivity contribution in [1.29, 1.82) is 0 Å². The van der Waals surface area contributed by atoms with Crippen molar-refractivity contribution in [3.8, 4) is 0 Å². The molecule has 98 valence electrons. The van der Waals surface area contributed by atoms with Crippen molar-refractivity contribution in [1.82, 2.24) is 0 Å². The minimum absolute atomic E-state index is 0.192. The molecule has 0 spiro atoms. The molecule has 0 aromatic heterocycles. The summed E-state index contributed by atoms with van der Waals surface area (Å²) in [6.45, 7) is 2.40. The molecule has 1 fully saturated rings. The minimum Gasteiger partial charge on any atom is -0.399 e. The van der Waals surface area contributed by atoms with Gasteiger partial charge >= 0.3 is 0 Å². The van der Waals surface area contributed by atoms with Crippen LogP contribution in [0.2, 0.25) is 5.02 Å². The number of ether oxygens (including phenoxy) is 1. The fraction of sp³-hybridized carbons (Fsp3) is 0.462. The zero-order chi connectivity index (χ0) is 13.1. The lowest BCUT2D eigenvalue weighted by Crippen LogP contribution is -2.28. The molecule has 1 saturated carbocycles. The molecular formula is C13H17ClN2O2. The predicted octanol–water partition coefficient (Wildman–Crippen LogP) is 2.68. The van der Waals surface area contributed by atoms with E-state index in [0.29, 0.717) is 28.9 Å². The van der Waals surface area contributed by atoms with Gasteiger partial charge < -0.3 is 15.8 Å². The topological polar surface area (TPSA) is 64.3 Å². The Morgan fingerprint density at radius 1 is 1.61 bits per heavy atom. The van der Waals surface area contributed by atoms with Gasteiger partial charge in [0, 0.05) is 5.69 Å². The van der Waals surface area contributed by atoms with Crippen LogP contribution in [0.4, 0.5) is 11.4 Å². The van der Waals surface area contributed by atoms with Crippen molar-refractivity contribution in [2.24, 2.45) is 5.92 Å². The first kappa shape index (κ1) is 13.2. The van der Waals surface area contributed by atoms with Crippen LogP contribution in [0, 0.1) is 5.92 Å². The molecule has 1 aliphatic rings. The molecule has 1 amide bonds. The van der Waals surface area contributed by atoms with Gasteiger partial charge in [-0.1, -0.05) is 11.6 Å². The minimum atomic E-state index is -0.473. The van der Waals surface area contributed by atoms with Crippen LogP contribution in [0.5, 0.6) is 0 Å². The summed E-state index contributed by atoms with van der Waals surface area (Å²) in [6.07, 6.45) is 1.94. The Morgan fingerprint density at radius 3 is 2.94 bits per heavy atom. The summed E-state index contributed by atoms with van der Waals surface area (Å²) in [5.41, 5.74) is 6.70. The highest BCUT2D eigenvalue weighted by Crippen LogP contribution is 2.29. The van der Waals surface area contributed by atoms with Gasteiger partial charge in [-0.15, -0.1) is 0 Å². The molecule has 0 heterocycles. The molecular weight excluding hydrogens is 252 g/mol. The van der Waals surface area contributed by atoms with Gasteiger partial charge in [-0.25, -0.2) is 0 Å². The Bertz CT molecular complexity index is 447. The van der Waals surface area contributed by atoms with Crippen molar-refractivity contribution < 1.29 is 9.53 Å². The van der Waals surface area contributed by atoms with Crippen molar-refractivity contribution >= 4 is 28.9 Å². The Balaban J connectivity index is 1.88. The maximum absolute atomic E-state index is 11.9. The van der Waals surface area contributed by atoms with E-state index in [1.165, 1.54) is 12.8 Å². The van der Waals surface area contributed by atoms with E-state index in [1.54, 1.807) is 25.1 Å². The van der Waals surface area contributed by atoms with Gasteiger partial charge in [-0.05, 0) is 43.9 Å². The average Bonchev–Trinajstić information content (AvgIpc) is 3.13. The standard InChI is InChI=1S/C13H17ClN2O2/c1-8(18-7-9-2-3-9)13(17)16-12-5-4-10(15)6-11(12)14/h4-6,8-9H,2-3,7,15H2,1H3,(H,16,17). The van der Waals surface area contributed by atoms with Gasteiger partial charge in [0.05, 0.1) is 17.3 Å². The summed E-state index contributed by atoms with van der Waals surface area (Å²) in [6, 6.07) is 4.98. The number of carbonyl (C=O) groups is 1. The fourth-order valence-corrected chi connectivity index (χ4v) is 1.74. The molecule has 4 nitrogen and oxygen atoms in total. The molecule has 0 bridgehead atoms. The third-order valence-corrected chi connectivity index (χ3v) is 3.21. The molecule has 5 heteroatoms. The van der Waals surface area contributed by atoms with Gasteiger partial charge in [-0.3, -0.25) is 4.79 Å². The molecule has 18 heavy (non-hydrogen) atoms. The number of nitrogens with one attached hydrogen (secondary N) is 1. The number of anilines is 2. The van der Waals surface area contributed by atoms with Crippen molar-refractivity contribution in [3.63, 3.8) is 0 Å². The molecule has 1 unspecified atom stereocenters. The van der Waals surface area contributed by atoms with Gasteiger partial charge in [0.2, 0.25) is 0 Å².